The fourth-order valence-corrected chi connectivity index (χ4v) is 3.17. The molecule has 21 heavy (non-hydrogen) atoms. The molecule has 1 aliphatic rings. The highest BCUT2D eigenvalue weighted by Crippen LogP contribution is 2.30. The number of rotatable bonds is 5. The van der Waals surface area contributed by atoms with E-state index < -0.39 is 0 Å². The number of nitrogens with one attached hydrogen (secondary N) is 1. The molecule has 0 aliphatic carbocycles. The van der Waals surface area contributed by atoms with Crippen LogP contribution in [0.5, 0.6) is 0 Å². The SMILES string of the molecule is CCC(C)CC(C)N1C(=O)C(C)NC1c1cccc(C)c1. The van der Waals surface area contributed by atoms with Gasteiger partial charge in [-0.05, 0) is 38.7 Å². The van der Waals surface area contributed by atoms with Gasteiger partial charge in [0, 0.05) is 6.04 Å². The van der Waals surface area contributed by atoms with Crippen molar-refractivity contribution in [3.05, 3.63) is 35.4 Å². The fourth-order valence-electron chi connectivity index (χ4n) is 3.17. The molecule has 0 aromatic heterocycles. The number of aryl methyl sites for hydroxylation is 1. The molecule has 1 saturated heterocycles. The highest BCUT2D eigenvalue weighted by molar-refractivity contribution is 5.84. The molecule has 3 nitrogen and oxygen atoms in total. The van der Waals surface area contributed by atoms with Gasteiger partial charge in [-0.15, -0.1) is 0 Å². The van der Waals surface area contributed by atoms with E-state index in [2.05, 4.69) is 57.3 Å². The Balaban J connectivity index is 2.24. The maximum atomic E-state index is 12.5. The van der Waals surface area contributed by atoms with Gasteiger partial charge in [0.25, 0.3) is 0 Å². The number of benzene rings is 1. The fraction of sp³-hybridized carbons (Fsp3) is 0.611. The Bertz CT molecular complexity index is 500. The predicted octanol–water partition coefficient (Wildman–Crippen LogP) is 3.64. The topological polar surface area (TPSA) is 32.3 Å². The van der Waals surface area contributed by atoms with E-state index in [9.17, 15) is 4.79 Å². The first kappa shape index (κ1) is 16.0. The van der Waals surface area contributed by atoms with Crippen molar-refractivity contribution in [1.29, 1.82) is 0 Å². The predicted molar refractivity (Wildman–Crippen MR) is 86.9 cm³/mol. The summed E-state index contributed by atoms with van der Waals surface area (Å²) in [6.45, 7) is 10.7. The average molecular weight is 288 g/mol. The molecule has 1 heterocycles. The molecule has 0 bridgehead atoms. The largest absolute Gasteiger partial charge is 0.319 e. The molecule has 2 rings (SSSR count). The Morgan fingerprint density at radius 1 is 1.33 bits per heavy atom. The molecule has 1 N–H and O–H groups in total. The van der Waals surface area contributed by atoms with E-state index in [-0.39, 0.29) is 24.2 Å². The highest BCUT2D eigenvalue weighted by Gasteiger charge is 2.39. The third kappa shape index (κ3) is 3.46. The minimum atomic E-state index is -0.102. The molecular weight excluding hydrogens is 260 g/mol. The van der Waals surface area contributed by atoms with Crippen LogP contribution in [-0.4, -0.2) is 22.9 Å². The van der Waals surface area contributed by atoms with Gasteiger partial charge >= 0.3 is 0 Å². The summed E-state index contributed by atoms with van der Waals surface area (Å²) in [5.74, 6) is 0.860. The normalized spacial score (nSPS) is 25.2. The molecule has 4 unspecified atom stereocenters. The van der Waals surface area contributed by atoms with Crippen LogP contribution in [0.25, 0.3) is 0 Å². The van der Waals surface area contributed by atoms with Crippen LogP contribution < -0.4 is 5.32 Å². The summed E-state index contributed by atoms with van der Waals surface area (Å²) in [4.78, 5) is 14.6. The minimum Gasteiger partial charge on any atom is -0.319 e. The van der Waals surface area contributed by atoms with Crippen LogP contribution in [0.3, 0.4) is 0 Å². The molecule has 116 valence electrons. The smallest absolute Gasteiger partial charge is 0.241 e. The molecule has 1 amide bonds. The van der Waals surface area contributed by atoms with Gasteiger partial charge in [0.05, 0.1) is 6.04 Å². The first-order chi connectivity index (χ1) is 9.93. The number of carbonyl (C=O) groups is 1. The molecule has 0 saturated carbocycles. The number of carbonyl (C=O) groups excluding carboxylic acids is 1. The van der Waals surface area contributed by atoms with Crippen LogP contribution in [0.15, 0.2) is 24.3 Å². The molecule has 4 atom stereocenters. The summed E-state index contributed by atoms with van der Waals surface area (Å²) in [5.41, 5.74) is 2.42. The van der Waals surface area contributed by atoms with Gasteiger partial charge in [0.2, 0.25) is 5.91 Å². The molecule has 0 radical (unpaired) electrons. The van der Waals surface area contributed by atoms with Gasteiger partial charge in [-0.3, -0.25) is 10.1 Å². The molecular formula is C18H28N2O. The van der Waals surface area contributed by atoms with Crippen molar-refractivity contribution in [3.8, 4) is 0 Å². The lowest BCUT2D eigenvalue weighted by atomic mass is 9.98. The van der Waals surface area contributed by atoms with Crippen molar-refractivity contribution in [1.82, 2.24) is 10.2 Å². The first-order valence-electron chi connectivity index (χ1n) is 8.08. The summed E-state index contributed by atoms with van der Waals surface area (Å²) in [6.07, 6.45) is 2.22. The van der Waals surface area contributed by atoms with Crippen LogP contribution in [0.1, 0.15) is 57.8 Å². The Kier molecular flexibility index (Phi) is 5.04. The summed E-state index contributed by atoms with van der Waals surface area (Å²) < 4.78 is 0. The second kappa shape index (κ2) is 6.61. The molecule has 1 aromatic carbocycles. The molecule has 1 fully saturated rings. The standard InChI is InChI=1S/C18H28N2O/c1-6-12(2)10-14(4)20-17(19-15(5)18(20)21)16-9-7-8-13(3)11-16/h7-9,11-12,14-15,17,19H,6,10H2,1-5H3. The maximum absolute atomic E-state index is 12.5. The lowest BCUT2D eigenvalue weighted by Crippen LogP contribution is -2.39. The van der Waals surface area contributed by atoms with E-state index in [1.807, 2.05) is 11.8 Å². The lowest BCUT2D eigenvalue weighted by molar-refractivity contribution is -0.132. The summed E-state index contributed by atoms with van der Waals surface area (Å²) >= 11 is 0. The molecule has 0 spiro atoms. The van der Waals surface area contributed by atoms with Crippen LogP contribution >= 0.6 is 0 Å². The van der Waals surface area contributed by atoms with Crippen molar-refractivity contribution in [2.75, 3.05) is 0 Å². The summed E-state index contributed by atoms with van der Waals surface area (Å²) in [6, 6.07) is 8.60. The van der Waals surface area contributed by atoms with Gasteiger partial charge in [-0.1, -0.05) is 50.1 Å². The lowest BCUT2D eigenvalue weighted by Gasteiger charge is -2.32. The van der Waals surface area contributed by atoms with Crippen molar-refractivity contribution in [3.63, 3.8) is 0 Å². The zero-order chi connectivity index (χ0) is 15.6. The molecule has 3 heteroatoms. The summed E-state index contributed by atoms with van der Waals surface area (Å²) in [5, 5.41) is 3.45. The van der Waals surface area contributed by atoms with E-state index >= 15 is 0 Å². The average Bonchev–Trinajstić information content (AvgIpc) is 2.75. The number of hydrogen-bond acceptors (Lipinski definition) is 2. The van der Waals surface area contributed by atoms with Crippen molar-refractivity contribution in [2.45, 2.75) is 65.7 Å². The minimum absolute atomic E-state index is 0.00598. The van der Waals surface area contributed by atoms with E-state index in [0.717, 1.165) is 12.8 Å². The Labute approximate surface area is 128 Å². The van der Waals surface area contributed by atoms with E-state index in [0.29, 0.717) is 5.92 Å². The van der Waals surface area contributed by atoms with Crippen LogP contribution in [-0.2, 0) is 4.79 Å². The van der Waals surface area contributed by atoms with Gasteiger partial charge in [0.15, 0.2) is 0 Å². The Morgan fingerprint density at radius 3 is 2.67 bits per heavy atom. The number of nitrogens with zero attached hydrogens (tertiary/aromatic N) is 1. The monoisotopic (exact) mass is 288 g/mol. The Morgan fingerprint density at radius 2 is 2.05 bits per heavy atom. The van der Waals surface area contributed by atoms with E-state index in [1.165, 1.54) is 11.1 Å². The van der Waals surface area contributed by atoms with Crippen molar-refractivity contribution < 1.29 is 4.79 Å². The van der Waals surface area contributed by atoms with Crippen LogP contribution in [0.4, 0.5) is 0 Å². The summed E-state index contributed by atoms with van der Waals surface area (Å²) in [7, 11) is 0. The van der Waals surface area contributed by atoms with Crippen molar-refractivity contribution in [2.24, 2.45) is 5.92 Å². The van der Waals surface area contributed by atoms with E-state index in [1.54, 1.807) is 0 Å². The van der Waals surface area contributed by atoms with Crippen molar-refractivity contribution >= 4 is 5.91 Å². The molecule has 1 aromatic rings. The zero-order valence-corrected chi connectivity index (χ0v) is 13.9. The maximum Gasteiger partial charge on any atom is 0.241 e. The third-order valence-corrected chi connectivity index (χ3v) is 4.58. The zero-order valence-electron chi connectivity index (χ0n) is 13.9. The molecule has 1 aliphatic heterocycles. The third-order valence-electron chi connectivity index (χ3n) is 4.58. The van der Waals surface area contributed by atoms with E-state index in [4.69, 9.17) is 0 Å². The van der Waals surface area contributed by atoms with Gasteiger partial charge in [-0.25, -0.2) is 0 Å². The first-order valence-corrected chi connectivity index (χ1v) is 8.08. The number of amides is 1. The second-order valence-corrected chi connectivity index (χ2v) is 6.55. The van der Waals surface area contributed by atoms with Crippen LogP contribution in [0, 0.1) is 12.8 Å². The quantitative estimate of drug-likeness (QED) is 0.897. The Hall–Kier alpha value is -1.35. The van der Waals surface area contributed by atoms with Gasteiger partial charge < -0.3 is 4.90 Å². The van der Waals surface area contributed by atoms with Gasteiger partial charge in [-0.2, -0.15) is 0 Å². The number of hydrogen-bond donors (Lipinski definition) is 1. The van der Waals surface area contributed by atoms with Gasteiger partial charge in [0.1, 0.15) is 6.17 Å². The highest BCUT2D eigenvalue weighted by atomic mass is 16.2. The second-order valence-electron chi connectivity index (χ2n) is 6.55. The van der Waals surface area contributed by atoms with Crippen LogP contribution in [0.2, 0.25) is 0 Å².